The average Bonchev–Trinajstić information content (AvgIpc) is 2.56. The predicted octanol–water partition coefficient (Wildman–Crippen LogP) is 3.57. The van der Waals surface area contributed by atoms with E-state index in [1.54, 1.807) is 20.8 Å². The molecule has 0 fully saturated rings. The van der Waals surface area contributed by atoms with Gasteiger partial charge in [-0.15, -0.1) is 0 Å². The van der Waals surface area contributed by atoms with Crippen LogP contribution in [0, 0.1) is 17.2 Å². The number of hydrogen-bond acceptors (Lipinski definition) is 6. The van der Waals surface area contributed by atoms with Crippen molar-refractivity contribution in [3.63, 3.8) is 0 Å². The Morgan fingerprint density at radius 1 is 1.12 bits per heavy atom. The summed E-state index contributed by atoms with van der Waals surface area (Å²) in [6, 6.07) is 11.2. The summed E-state index contributed by atoms with van der Waals surface area (Å²) in [5.41, 5.74) is -0.382. The minimum Gasteiger partial charge on any atom is -0.466 e. The van der Waals surface area contributed by atoms with Crippen LogP contribution in [0.15, 0.2) is 30.3 Å². The van der Waals surface area contributed by atoms with E-state index in [-0.39, 0.29) is 26.2 Å². The highest BCUT2D eigenvalue weighted by Crippen LogP contribution is 2.55. The first-order valence-electron chi connectivity index (χ1n) is 8.01. The summed E-state index contributed by atoms with van der Waals surface area (Å²) < 4.78 is 28.6. The molecule has 0 aliphatic carbocycles. The Bertz CT molecular complexity index is 589. The quantitative estimate of drug-likeness (QED) is 0.472. The van der Waals surface area contributed by atoms with Crippen LogP contribution in [0.3, 0.4) is 0 Å². The average molecular weight is 353 g/mol. The number of benzene rings is 1. The molecule has 2 unspecified atom stereocenters. The lowest BCUT2D eigenvalue weighted by Crippen LogP contribution is -2.32. The van der Waals surface area contributed by atoms with E-state index in [4.69, 9.17) is 13.8 Å². The van der Waals surface area contributed by atoms with Gasteiger partial charge in [-0.1, -0.05) is 30.3 Å². The molecular formula is C17H24NO5P. The molecule has 6 nitrogen and oxygen atoms in total. The third-order valence-corrected chi connectivity index (χ3v) is 5.75. The predicted molar refractivity (Wildman–Crippen MR) is 90.5 cm³/mol. The molecule has 0 heterocycles. The third kappa shape index (κ3) is 5.45. The van der Waals surface area contributed by atoms with Gasteiger partial charge >= 0.3 is 13.6 Å². The van der Waals surface area contributed by atoms with Crippen LogP contribution in [0.1, 0.15) is 26.3 Å². The molecule has 0 N–H and O–H groups in total. The number of nitriles is 1. The lowest BCUT2D eigenvalue weighted by atomic mass is 9.96. The summed E-state index contributed by atoms with van der Waals surface area (Å²) in [5.74, 6) is -1.51. The van der Waals surface area contributed by atoms with Gasteiger partial charge in [0.05, 0.1) is 31.8 Å². The number of ether oxygens (including phenoxy) is 1. The zero-order valence-corrected chi connectivity index (χ0v) is 15.2. The van der Waals surface area contributed by atoms with Gasteiger partial charge in [0.1, 0.15) is 0 Å². The highest BCUT2D eigenvalue weighted by Gasteiger charge is 2.45. The summed E-state index contributed by atoms with van der Waals surface area (Å²) in [4.78, 5) is 12.4. The van der Waals surface area contributed by atoms with Crippen molar-refractivity contribution in [2.75, 3.05) is 19.8 Å². The molecular weight excluding hydrogens is 329 g/mol. The largest absolute Gasteiger partial charge is 0.466 e. The first kappa shape index (κ1) is 20.4. The highest BCUT2D eigenvalue weighted by atomic mass is 31.2. The Hall–Kier alpha value is -1.67. The molecule has 0 radical (unpaired) electrons. The molecule has 0 amide bonds. The van der Waals surface area contributed by atoms with Crippen LogP contribution in [-0.4, -0.2) is 31.4 Å². The van der Waals surface area contributed by atoms with Crippen molar-refractivity contribution in [3.05, 3.63) is 35.9 Å². The fourth-order valence-corrected chi connectivity index (χ4v) is 4.30. The van der Waals surface area contributed by atoms with Gasteiger partial charge in [-0.05, 0) is 32.8 Å². The lowest BCUT2D eigenvalue weighted by molar-refractivity contribution is -0.147. The monoisotopic (exact) mass is 353 g/mol. The third-order valence-electron chi connectivity index (χ3n) is 3.36. The summed E-state index contributed by atoms with van der Waals surface area (Å²) in [7, 11) is -3.76. The maximum absolute atomic E-state index is 13.0. The van der Waals surface area contributed by atoms with Gasteiger partial charge in [0.25, 0.3) is 0 Å². The second kappa shape index (κ2) is 10.2. The van der Waals surface area contributed by atoms with E-state index >= 15 is 0 Å². The standard InChI is InChI=1S/C17H24NO5P/c1-4-21-17(19)15(12-14-10-8-7-9-11-14)16(13-18)24(20,22-5-2)23-6-3/h7-11,15-16H,4-6,12H2,1-3H3. The Morgan fingerprint density at radius 2 is 1.71 bits per heavy atom. The van der Waals surface area contributed by atoms with E-state index in [9.17, 15) is 14.6 Å². The maximum Gasteiger partial charge on any atom is 0.348 e. The number of carbonyl (C=O) groups excluding carboxylic acids is 1. The van der Waals surface area contributed by atoms with E-state index in [0.717, 1.165) is 5.56 Å². The molecule has 0 saturated heterocycles. The summed E-state index contributed by atoms with van der Waals surface area (Å²) >= 11 is 0. The van der Waals surface area contributed by atoms with Gasteiger partial charge in [0.2, 0.25) is 0 Å². The van der Waals surface area contributed by atoms with Crippen LogP contribution in [0.5, 0.6) is 0 Å². The second-order valence-electron chi connectivity index (χ2n) is 5.00. The van der Waals surface area contributed by atoms with Crippen molar-refractivity contribution in [3.8, 4) is 6.07 Å². The zero-order chi connectivity index (χ0) is 18.0. The molecule has 7 heteroatoms. The van der Waals surface area contributed by atoms with Crippen LogP contribution >= 0.6 is 7.60 Å². The van der Waals surface area contributed by atoms with Gasteiger partial charge < -0.3 is 13.8 Å². The van der Waals surface area contributed by atoms with Crippen molar-refractivity contribution < 1.29 is 23.1 Å². The number of hydrogen-bond donors (Lipinski definition) is 0. The van der Waals surface area contributed by atoms with Crippen LogP contribution in [0.4, 0.5) is 0 Å². The van der Waals surface area contributed by atoms with Crippen LogP contribution in [0.25, 0.3) is 0 Å². The summed E-state index contributed by atoms with van der Waals surface area (Å²) in [6.45, 7) is 5.43. The van der Waals surface area contributed by atoms with Gasteiger partial charge in [-0.25, -0.2) is 0 Å². The van der Waals surface area contributed by atoms with Crippen LogP contribution in [-0.2, 0) is 29.6 Å². The molecule has 0 aliphatic rings. The number of nitrogens with zero attached hydrogens (tertiary/aromatic N) is 1. The molecule has 1 aromatic carbocycles. The first-order valence-corrected chi connectivity index (χ1v) is 9.62. The molecule has 1 rings (SSSR count). The van der Waals surface area contributed by atoms with Crippen molar-refractivity contribution in [1.82, 2.24) is 0 Å². The van der Waals surface area contributed by atoms with Gasteiger partial charge in [0.15, 0.2) is 5.66 Å². The highest BCUT2D eigenvalue weighted by molar-refractivity contribution is 7.55. The molecule has 0 aliphatic heterocycles. The minimum absolute atomic E-state index is 0.121. The maximum atomic E-state index is 13.0. The fraction of sp³-hybridized carbons (Fsp3) is 0.529. The van der Waals surface area contributed by atoms with Crippen molar-refractivity contribution in [1.29, 1.82) is 5.26 Å². The molecule has 0 bridgehead atoms. The van der Waals surface area contributed by atoms with E-state index in [0.29, 0.717) is 0 Å². The topological polar surface area (TPSA) is 85.6 Å². The normalized spacial score (nSPS) is 13.8. The Morgan fingerprint density at radius 3 is 2.17 bits per heavy atom. The van der Waals surface area contributed by atoms with E-state index in [1.165, 1.54) is 0 Å². The van der Waals surface area contributed by atoms with Gasteiger partial charge in [-0.2, -0.15) is 5.26 Å². The number of esters is 1. The molecule has 0 saturated carbocycles. The Labute approximate surface area is 143 Å². The number of carbonyl (C=O) groups is 1. The Balaban J connectivity index is 3.20. The van der Waals surface area contributed by atoms with Crippen molar-refractivity contribution in [2.24, 2.45) is 5.92 Å². The zero-order valence-electron chi connectivity index (χ0n) is 14.3. The molecule has 1 aromatic rings. The van der Waals surface area contributed by atoms with Crippen LogP contribution < -0.4 is 0 Å². The SMILES string of the molecule is CCOC(=O)C(Cc1ccccc1)C(C#N)P(=O)(OCC)OCC. The van der Waals surface area contributed by atoms with Crippen molar-refractivity contribution >= 4 is 13.6 Å². The minimum atomic E-state index is -3.76. The van der Waals surface area contributed by atoms with E-state index in [1.807, 2.05) is 36.4 Å². The van der Waals surface area contributed by atoms with Crippen molar-refractivity contribution in [2.45, 2.75) is 32.9 Å². The smallest absolute Gasteiger partial charge is 0.348 e. The summed E-state index contributed by atoms with van der Waals surface area (Å²) in [6.07, 6.45) is 0.224. The number of rotatable bonds is 10. The summed E-state index contributed by atoms with van der Waals surface area (Å²) in [5, 5.41) is 9.59. The second-order valence-corrected chi connectivity index (χ2v) is 7.15. The van der Waals surface area contributed by atoms with Gasteiger partial charge in [-0.3, -0.25) is 9.36 Å². The lowest BCUT2D eigenvalue weighted by Gasteiger charge is -2.27. The molecule has 24 heavy (non-hydrogen) atoms. The van der Waals surface area contributed by atoms with Gasteiger partial charge in [0, 0.05) is 0 Å². The van der Waals surface area contributed by atoms with E-state index < -0.39 is 25.1 Å². The van der Waals surface area contributed by atoms with Crippen LogP contribution in [0.2, 0.25) is 0 Å². The molecule has 2 atom stereocenters. The first-order chi connectivity index (χ1) is 11.5. The molecule has 132 valence electrons. The molecule has 0 spiro atoms. The fourth-order valence-electron chi connectivity index (χ4n) is 2.38. The van der Waals surface area contributed by atoms with E-state index in [2.05, 4.69) is 0 Å². The molecule has 0 aromatic heterocycles. The Kier molecular flexibility index (Phi) is 8.70.